The highest BCUT2D eigenvalue weighted by molar-refractivity contribution is 5.61. The average molecular weight is 263 g/mol. The van der Waals surface area contributed by atoms with Crippen molar-refractivity contribution in [3.63, 3.8) is 0 Å². The van der Waals surface area contributed by atoms with E-state index in [1.54, 1.807) is 12.1 Å². The van der Waals surface area contributed by atoms with Crippen molar-refractivity contribution in [3.8, 4) is 0 Å². The van der Waals surface area contributed by atoms with Gasteiger partial charge in [-0.25, -0.2) is 0 Å². The minimum Gasteiger partial charge on any atom is -0.398 e. The van der Waals surface area contributed by atoms with Crippen molar-refractivity contribution in [2.24, 2.45) is 5.92 Å². The van der Waals surface area contributed by atoms with Gasteiger partial charge in [0.15, 0.2) is 0 Å². The Kier molecular flexibility index (Phi) is 4.24. The molecular formula is C14H21N3O2. The normalized spacial score (nSPS) is 23.0. The number of rotatable bonds is 4. The molecule has 1 aliphatic carbocycles. The molecule has 0 amide bonds. The molecule has 1 aromatic carbocycles. The van der Waals surface area contributed by atoms with E-state index < -0.39 is 4.92 Å². The van der Waals surface area contributed by atoms with Crippen LogP contribution in [0.1, 0.15) is 39.0 Å². The lowest BCUT2D eigenvalue weighted by molar-refractivity contribution is -0.384. The Morgan fingerprint density at radius 1 is 1.42 bits per heavy atom. The predicted octanol–water partition coefficient (Wildman–Crippen LogP) is 3.56. The molecule has 1 aliphatic rings. The Bertz CT molecular complexity index is 462. The second kappa shape index (κ2) is 5.91. The van der Waals surface area contributed by atoms with Crippen LogP contribution in [0, 0.1) is 16.0 Å². The number of anilines is 2. The first-order valence-electron chi connectivity index (χ1n) is 6.90. The van der Waals surface area contributed by atoms with Crippen molar-refractivity contribution in [2.45, 2.75) is 45.1 Å². The van der Waals surface area contributed by atoms with E-state index in [0.29, 0.717) is 11.7 Å². The van der Waals surface area contributed by atoms with Crippen LogP contribution in [0.15, 0.2) is 18.2 Å². The number of nitrogen functional groups attached to an aromatic ring is 1. The van der Waals surface area contributed by atoms with Crippen molar-refractivity contribution in [1.29, 1.82) is 0 Å². The van der Waals surface area contributed by atoms with Gasteiger partial charge in [0.2, 0.25) is 0 Å². The first kappa shape index (κ1) is 13.6. The molecule has 104 valence electrons. The second-order valence-electron chi connectivity index (χ2n) is 5.35. The molecule has 3 N–H and O–H groups in total. The molecule has 0 aromatic heterocycles. The number of nitrogens with two attached hydrogens (primary N) is 1. The lowest BCUT2D eigenvalue weighted by Gasteiger charge is -2.29. The summed E-state index contributed by atoms with van der Waals surface area (Å²) in [4.78, 5) is 10.4. The van der Waals surface area contributed by atoms with Crippen molar-refractivity contribution >= 4 is 17.1 Å². The zero-order valence-corrected chi connectivity index (χ0v) is 11.3. The fourth-order valence-electron chi connectivity index (χ4n) is 2.85. The van der Waals surface area contributed by atoms with E-state index in [-0.39, 0.29) is 5.69 Å². The zero-order valence-electron chi connectivity index (χ0n) is 11.3. The van der Waals surface area contributed by atoms with Gasteiger partial charge in [0.25, 0.3) is 5.69 Å². The highest BCUT2D eigenvalue weighted by Crippen LogP contribution is 2.30. The molecule has 0 saturated heterocycles. The van der Waals surface area contributed by atoms with E-state index in [0.717, 1.165) is 24.4 Å². The fraction of sp³-hybridized carbons (Fsp3) is 0.571. The van der Waals surface area contributed by atoms with Gasteiger partial charge < -0.3 is 11.1 Å². The average Bonchev–Trinajstić information content (AvgIpc) is 2.38. The van der Waals surface area contributed by atoms with E-state index in [1.165, 1.54) is 25.3 Å². The minimum absolute atomic E-state index is 0.0466. The van der Waals surface area contributed by atoms with Crippen LogP contribution in [0.3, 0.4) is 0 Å². The summed E-state index contributed by atoms with van der Waals surface area (Å²) in [7, 11) is 0. The molecule has 5 nitrogen and oxygen atoms in total. The maximum Gasteiger partial charge on any atom is 0.273 e. The SMILES string of the molecule is CCC1CCCC(Nc2cc(N)cc([N+](=O)[O-])c2)C1. The Balaban J connectivity index is 2.08. The van der Waals surface area contributed by atoms with Crippen LogP contribution in [0.5, 0.6) is 0 Å². The van der Waals surface area contributed by atoms with E-state index >= 15 is 0 Å². The second-order valence-corrected chi connectivity index (χ2v) is 5.35. The summed E-state index contributed by atoms with van der Waals surface area (Å²) in [6.45, 7) is 2.22. The summed E-state index contributed by atoms with van der Waals surface area (Å²) in [5.74, 6) is 0.766. The molecule has 0 bridgehead atoms. The van der Waals surface area contributed by atoms with E-state index in [9.17, 15) is 10.1 Å². The number of hydrogen-bond donors (Lipinski definition) is 2. The smallest absolute Gasteiger partial charge is 0.273 e. The number of nitrogens with one attached hydrogen (secondary N) is 1. The highest BCUT2D eigenvalue weighted by atomic mass is 16.6. The highest BCUT2D eigenvalue weighted by Gasteiger charge is 2.21. The van der Waals surface area contributed by atoms with Crippen LogP contribution in [0.4, 0.5) is 17.1 Å². The van der Waals surface area contributed by atoms with E-state index in [4.69, 9.17) is 5.73 Å². The summed E-state index contributed by atoms with van der Waals surface area (Å²) in [5, 5.41) is 14.2. The zero-order chi connectivity index (χ0) is 13.8. The molecule has 1 fully saturated rings. The van der Waals surface area contributed by atoms with Gasteiger partial charge in [-0.15, -0.1) is 0 Å². The number of benzene rings is 1. The third-order valence-corrected chi connectivity index (χ3v) is 3.88. The summed E-state index contributed by atoms with van der Waals surface area (Å²) in [6, 6.07) is 5.12. The van der Waals surface area contributed by atoms with Gasteiger partial charge in [0, 0.05) is 29.5 Å². The van der Waals surface area contributed by atoms with Gasteiger partial charge >= 0.3 is 0 Å². The van der Waals surface area contributed by atoms with Gasteiger partial charge in [-0.1, -0.05) is 26.2 Å². The predicted molar refractivity (Wildman–Crippen MR) is 77.2 cm³/mol. The van der Waals surface area contributed by atoms with Gasteiger partial charge in [-0.05, 0) is 24.8 Å². The third-order valence-electron chi connectivity index (χ3n) is 3.88. The largest absolute Gasteiger partial charge is 0.398 e. The van der Waals surface area contributed by atoms with Crippen LogP contribution in [-0.4, -0.2) is 11.0 Å². The van der Waals surface area contributed by atoms with E-state index in [1.807, 2.05) is 0 Å². The van der Waals surface area contributed by atoms with Crippen molar-refractivity contribution in [2.75, 3.05) is 11.1 Å². The molecule has 2 rings (SSSR count). The van der Waals surface area contributed by atoms with Gasteiger partial charge in [-0.2, -0.15) is 0 Å². The first-order chi connectivity index (χ1) is 9.08. The molecule has 0 aliphatic heterocycles. The minimum atomic E-state index is -0.405. The number of non-ortho nitro benzene ring substituents is 1. The van der Waals surface area contributed by atoms with Crippen molar-refractivity contribution in [3.05, 3.63) is 28.3 Å². The van der Waals surface area contributed by atoms with Crippen LogP contribution in [0.25, 0.3) is 0 Å². The quantitative estimate of drug-likeness (QED) is 0.494. The molecule has 0 spiro atoms. The topological polar surface area (TPSA) is 81.2 Å². The first-order valence-corrected chi connectivity index (χ1v) is 6.90. The molecular weight excluding hydrogens is 242 g/mol. The molecule has 0 radical (unpaired) electrons. The Morgan fingerprint density at radius 3 is 2.89 bits per heavy atom. The number of nitrogens with zero attached hydrogens (tertiary/aromatic N) is 1. The van der Waals surface area contributed by atoms with Crippen molar-refractivity contribution < 1.29 is 4.92 Å². The molecule has 1 aromatic rings. The third kappa shape index (κ3) is 3.59. The summed E-state index contributed by atoms with van der Waals surface area (Å²) >= 11 is 0. The summed E-state index contributed by atoms with van der Waals surface area (Å²) in [5.41, 5.74) is 6.95. The lowest BCUT2D eigenvalue weighted by Crippen LogP contribution is -2.27. The number of hydrogen-bond acceptors (Lipinski definition) is 4. The standard InChI is InChI=1S/C14H21N3O2/c1-2-10-4-3-5-12(6-10)16-13-7-11(15)8-14(9-13)17(18)19/h7-10,12,16H,2-6,15H2,1H3. The van der Waals surface area contributed by atoms with Crippen LogP contribution >= 0.6 is 0 Å². The molecule has 19 heavy (non-hydrogen) atoms. The Morgan fingerprint density at radius 2 is 2.21 bits per heavy atom. The summed E-state index contributed by atoms with van der Waals surface area (Å²) in [6.07, 6.45) is 5.99. The molecule has 0 heterocycles. The maximum absolute atomic E-state index is 10.8. The summed E-state index contributed by atoms with van der Waals surface area (Å²) < 4.78 is 0. The Labute approximate surface area is 113 Å². The molecule has 2 unspecified atom stereocenters. The van der Waals surface area contributed by atoms with Crippen LogP contribution < -0.4 is 11.1 Å². The van der Waals surface area contributed by atoms with Gasteiger partial charge in [0.05, 0.1) is 4.92 Å². The van der Waals surface area contributed by atoms with Crippen LogP contribution in [-0.2, 0) is 0 Å². The van der Waals surface area contributed by atoms with Gasteiger partial charge in [-0.3, -0.25) is 10.1 Å². The fourth-order valence-corrected chi connectivity index (χ4v) is 2.85. The number of nitro benzene ring substituents is 1. The molecule has 5 heteroatoms. The molecule has 1 saturated carbocycles. The van der Waals surface area contributed by atoms with Crippen molar-refractivity contribution in [1.82, 2.24) is 0 Å². The monoisotopic (exact) mass is 263 g/mol. The van der Waals surface area contributed by atoms with Crippen LogP contribution in [0.2, 0.25) is 0 Å². The maximum atomic E-state index is 10.8. The lowest BCUT2D eigenvalue weighted by atomic mass is 9.84. The number of nitro groups is 1. The van der Waals surface area contributed by atoms with E-state index in [2.05, 4.69) is 12.2 Å². The van der Waals surface area contributed by atoms with Gasteiger partial charge in [0.1, 0.15) is 0 Å². The Hall–Kier alpha value is -1.78. The molecule has 2 atom stereocenters.